The lowest BCUT2D eigenvalue weighted by atomic mass is 10.1. The van der Waals surface area contributed by atoms with Crippen molar-refractivity contribution in [1.82, 2.24) is 9.78 Å². The molecule has 0 aliphatic rings. The van der Waals surface area contributed by atoms with Gasteiger partial charge in [0.15, 0.2) is 0 Å². The van der Waals surface area contributed by atoms with E-state index in [2.05, 4.69) is 31.9 Å². The van der Waals surface area contributed by atoms with Gasteiger partial charge in [-0.05, 0) is 33.8 Å². The van der Waals surface area contributed by atoms with Crippen LogP contribution in [-0.4, -0.2) is 9.78 Å². The summed E-state index contributed by atoms with van der Waals surface area (Å²) in [7, 11) is 0. The van der Waals surface area contributed by atoms with Crippen LogP contribution in [0.5, 0.6) is 0 Å². The minimum Gasteiger partial charge on any atom is -0.319 e. The lowest BCUT2D eigenvalue weighted by Gasteiger charge is -2.09. The second-order valence-electron chi connectivity index (χ2n) is 3.80. The third kappa shape index (κ3) is 2.45. The number of hydrogen-bond donors (Lipinski definition) is 1. The predicted octanol–water partition coefficient (Wildman–Crippen LogP) is 2.18. The minimum atomic E-state index is -0.0406. The number of aryl methyl sites for hydroxylation is 2. The maximum absolute atomic E-state index is 6.05. The van der Waals surface area contributed by atoms with Gasteiger partial charge in [0.25, 0.3) is 0 Å². The van der Waals surface area contributed by atoms with Gasteiger partial charge in [0.2, 0.25) is 0 Å². The Balaban J connectivity index is 2.99. The van der Waals surface area contributed by atoms with Crippen molar-refractivity contribution in [2.24, 2.45) is 5.73 Å². The van der Waals surface area contributed by atoms with Crippen LogP contribution in [-0.2, 0) is 6.54 Å². The molecule has 2 N–H and O–H groups in total. The zero-order valence-corrected chi connectivity index (χ0v) is 9.41. The Hall–Kier alpha value is -1.09. The Bertz CT molecular complexity index is 332. The first-order chi connectivity index (χ1) is 6.54. The van der Waals surface area contributed by atoms with Crippen LogP contribution in [0.4, 0.5) is 0 Å². The molecular formula is C11H19N3. The number of hydrogen-bond acceptors (Lipinski definition) is 2. The van der Waals surface area contributed by atoms with E-state index >= 15 is 0 Å². The van der Waals surface area contributed by atoms with Gasteiger partial charge in [-0.2, -0.15) is 5.10 Å². The molecule has 14 heavy (non-hydrogen) atoms. The van der Waals surface area contributed by atoms with E-state index in [1.807, 2.05) is 17.7 Å². The molecule has 0 aromatic carbocycles. The molecule has 0 saturated heterocycles. The van der Waals surface area contributed by atoms with Gasteiger partial charge in [0.05, 0.1) is 17.4 Å². The maximum atomic E-state index is 6.05. The number of aromatic nitrogens is 2. The maximum Gasteiger partial charge on any atom is 0.0655 e. The van der Waals surface area contributed by atoms with E-state index in [1.165, 1.54) is 5.57 Å². The average Bonchev–Trinajstić information content (AvgIpc) is 2.45. The van der Waals surface area contributed by atoms with Crippen LogP contribution in [0.15, 0.2) is 17.7 Å². The largest absolute Gasteiger partial charge is 0.319 e. The molecular weight excluding hydrogens is 174 g/mol. The highest BCUT2D eigenvalue weighted by Gasteiger charge is 2.09. The van der Waals surface area contributed by atoms with Crippen LogP contribution in [0, 0.1) is 6.92 Å². The zero-order chi connectivity index (χ0) is 10.7. The highest BCUT2D eigenvalue weighted by Crippen LogP contribution is 2.14. The molecule has 1 rings (SSSR count). The molecule has 1 heterocycles. The highest BCUT2D eigenvalue weighted by atomic mass is 15.3. The molecule has 0 radical (unpaired) electrons. The van der Waals surface area contributed by atoms with Crippen molar-refractivity contribution < 1.29 is 0 Å². The summed E-state index contributed by atoms with van der Waals surface area (Å²) in [6.45, 7) is 9.04. The molecule has 3 heteroatoms. The highest BCUT2D eigenvalue weighted by molar-refractivity contribution is 5.19. The lowest BCUT2D eigenvalue weighted by Crippen LogP contribution is -2.14. The van der Waals surface area contributed by atoms with Crippen molar-refractivity contribution in [3.63, 3.8) is 0 Å². The first-order valence-electron chi connectivity index (χ1n) is 4.99. The molecule has 0 aliphatic carbocycles. The molecule has 78 valence electrons. The van der Waals surface area contributed by atoms with Gasteiger partial charge >= 0.3 is 0 Å². The van der Waals surface area contributed by atoms with E-state index in [-0.39, 0.29) is 6.04 Å². The summed E-state index contributed by atoms with van der Waals surface area (Å²) in [5, 5.41) is 4.36. The normalized spacial score (nSPS) is 12.6. The number of nitrogens with zero attached hydrogens (tertiary/aromatic N) is 2. The van der Waals surface area contributed by atoms with E-state index in [9.17, 15) is 0 Å². The summed E-state index contributed by atoms with van der Waals surface area (Å²) < 4.78 is 1.96. The van der Waals surface area contributed by atoms with Crippen molar-refractivity contribution in [2.45, 2.75) is 40.3 Å². The van der Waals surface area contributed by atoms with Gasteiger partial charge in [0, 0.05) is 6.54 Å². The van der Waals surface area contributed by atoms with E-state index in [0.717, 1.165) is 17.9 Å². The van der Waals surface area contributed by atoms with Gasteiger partial charge in [-0.25, -0.2) is 0 Å². The smallest absolute Gasteiger partial charge is 0.0655 e. The Kier molecular flexibility index (Phi) is 3.47. The monoisotopic (exact) mass is 193 g/mol. The third-order valence-corrected chi connectivity index (χ3v) is 2.09. The lowest BCUT2D eigenvalue weighted by molar-refractivity contribution is 0.601. The molecule has 0 fully saturated rings. The molecule has 0 amide bonds. The fourth-order valence-electron chi connectivity index (χ4n) is 1.53. The van der Waals surface area contributed by atoms with Gasteiger partial charge < -0.3 is 5.73 Å². The molecule has 1 aromatic rings. The summed E-state index contributed by atoms with van der Waals surface area (Å²) in [5.74, 6) is 0. The summed E-state index contributed by atoms with van der Waals surface area (Å²) in [6, 6.07) is 2.01. The fraction of sp³-hybridized carbons (Fsp3) is 0.545. The van der Waals surface area contributed by atoms with Crippen LogP contribution in [0.25, 0.3) is 0 Å². The molecule has 1 unspecified atom stereocenters. The topological polar surface area (TPSA) is 43.8 Å². The first-order valence-corrected chi connectivity index (χ1v) is 4.99. The zero-order valence-electron chi connectivity index (χ0n) is 9.41. The molecule has 1 atom stereocenters. The van der Waals surface area contributed by atoms with Crippen LogP contribution in [0.3, 0.4) is 0 Å². The molecule has 3 nitrogen and oxygen atoms in total. The fourth-order valence-corrected chi connectivity index (χ4v) is 1.53. The molecule has 1 aromatic heterocycles. The second kappa shape index (κ2) is 4.42. The van der Waals surface area contributed by atoms with E-state index in [0.29, 0.717) is 0 Å². The van der Waals surface area contributed by atoms with Crippen molar-refractivity contribution in [3.05, 3.63) is 29.1 Å². The van der Waals surface area contributed by atoms with Gasteiger partial charge in [-0.1, -0.05) is 11.6 Å². The summed E-state index contributed by atoms with van der Waals surface area (Å²) in [6.07, 6.45) is 2.06. The average molecular weight is 193 g/mol. The standard InChI is InChI=1S/C11H19N3/c1-5-14-11(7-9(4)13-14)10(12)6-8(2)3/h6-7,10H,5,12H2,1-4H3. The van der Waals surface area contributed by atoms with Gasteiger partial charge in [-0.15, -0.1) is 0 Å². The second-order valence-corrected chi connectivity index (χ2v) is 3.80. The third-order valence-electron chi connectivity index (χ3n) is 2.09. The van der Waals surface area contributed by atoms with Crippen LogP contribution >= 0.6 is 0 Å². The number of rotatable bonds is 3. The first kappa shape index (κ1) is 11.0. The van der Waals surface area contributed by atoms with E-state index in [4.69, 9.17) is 5.73 Å². The quantitative estimate of drug-likeness (QED) is 0.748. The molecule has 0 aliphatic heterocycles. The Labute approximate surface area is 85.6 Å². The minimum absolute atomic E-state index is 0.0406. The van der Waals surface area contributed by atoms with Gasteiger partial charge in [-0.3, -0.25) is 4.68 Å². The van der Waals surface area contributed by atoms with Gasteiger partial charge in [0.1, 0.15) is 0 Å². The summed E-state index contributed by atoms with van der Waals surface area (Å²) >= 11 is 0. The Morgan fingerprint density at radius 3 is 2.79 bits per heavy atom. The SMILES string of the molecule is CCn1nc(C)cc1C(N)C=C(C)C. The molecule has 0 spiro atoms. The van der Waals surface area contributed by atoms with Crippen LogP contribution in [0.1, 0.15) is 38.2 Å². The van der Waals surface area contributed by atoms with Crippen molar-refractivity contribution in [3.8, 4) is 0 Å². The Morgan fingerprint density at radius 1 is 1.64 bits per heavy atom. The van der Waals surface area contributed by atoms with Crippen molar-refractivity contribution >= 4 is 0 Å². The van der Waals surface area contributed by atoms with Crippen molar-refractivity contribution in [2.75, 3.05) is 0 Å². The van der Waals surface area contributed by atoms with E-state index in [1.54, 1.807) is 0 Å². The molecule has 0 saturated carbocycles. The summed E-state index contributed by atoms with van der Waals surface area (Å²) in [4.78, 5) is 0. The number of nitrogens with two attached hydrogens (primary N) is 1. The summed E-state index contributed by atoms with van der Waals surface area (Å²) in [5.41, 5.74) is 9.40. The van der Waals surface area contributed by atoms with E-state index < -0.39 is 0 Å². The van der Waals surface area contributed by atoms with Crippen molar-refractivity contribution in [1.29, 1.82) is 0 Å². The predicted molar refractivity (Wildman–Crippen MR) is 59.0 cm³/mol. The Morgan fingerprint density at radius 2 is 2.29 bits per heavy atom. The number of allylic oxidation sites excluding steroid dienone is 1. The van der Waals surface area contributed by atoms with Crippen LogP contribution in [0.2, 0.25) is 0 Å². The molecule has 0 bridgehead atoms. The van der Waals surface area contributed by atoms with Crippen LogP contribution < -0.4 is 5.73 Å².